The van der Waals surface area contributed by atoms with Crippen molar-refractivity contribution in [2.24, 2.45) is 0 Å². The molecule has 4 aromatic rings. The van der Waals surface area contributed by atoms with E-state index < -0.39 is 0 Å². The first kappa shape index (κ1) is 20.1. The molecule has 152 valence electrons. The summed E-state index contributed by atoms with van der Waals surface area (Å²) in [5.74, 6) is -0.370. The Bertz CT molecular complexity index is 1290. The summed E-state index contributed by atoms with van der Waals surface area (Å²) in [6, 6.07) is 14.5. The van der Waals surface area contributed by atoms with Gasteiger partial charge >= 0.3 is 0 Å². The van der Waals surface area contributed by atoms with E-state index in [0.717, 1.165) is 27.2 Å². The second kappa shape index (κ2) is 7.93. The molecule has 0 fully saturated rings. The number of fused-ring (bicyclic) bond motifs is 1. The molecule has 4 rings (SSSR count). The van der Waals surface area contributed by atoms with Crippen LogP contribution in [0.2, 0.25) is 5.02 Å². The molecule has 6 nitrogen and oxygen atoms in total. The first-order valence-electron chi connectivity index (χ1n) is 9.26. The molecule has 0 aliphatic carbocycles. The van der Waals surface area contributed by atoms with Crippen LogP contribution in [0.4, 0.5) is 5.69 Å². The van der Waals surface area contributed by atoms with Gasteiger partial charge in [-0.15, -0.1) is 11.3 Å². The van der Waals surface area contributed by atoms with Crippen LogP contribution in [-0.2, 0) is 0 Å². The maximum Gasteiger partial charge on any atom is 0.265 e. The molecule has 2 aromatic heterocycles. The largest absolute Gasteiger partial charge is 0.355 e. The van der Waals surface area contributed by atoms with Gasteiger partial charge in [-0.2, -0.15) is 5.10 Å². The summed E-state index contributed by atoms with van der Waals surface area (Å²) in [6.45, 7) is 3.77. The highest BCUT2D eigenvalue weighted by Gasteiger charge is 2.18. The van der Waals surface area contributed by atoms with Gasteiger partial charge in [0.1, 0.15) is 4.83 Å². The highest BCUT2D eigenvalue weighted by atomic mass is 35.5. The Balaban J connectivity index is 1.65. The first-order valence-corrected chi connectivity index (χ1v) is 10.5. The summed E-state index contributed by atoms with van der Waals surface area (Å²) >= 11 is 7.50. The predicted molar refractivity (Wildman–Crippen MR) is 121 cm³/mol. The number of halogens is 1. The van der Waals surface area contributed by atoms with Gasteiger partial charge in [-0.3, -0.25) is 9.59 Å². The van der Waals surface area contributed by atoms with E-state index in [2.05, 4.69) is 15.7 Å². The minimum absolute atomic E-state index is 0.165. The van der Waals surface area contributed by atoms with Gasteiger partial charge in [0.15, 0.2) is 0 Å². The molecule has 0 aliphatic heterocycles. The van der Waals surface area contributed by atoms with E-state index >= 15 is 0 Å². The van der Waals surface area contributed by atoms with Gasteiger partial charge in [0, 0.05) is 28.7 Å². The number of hydrogen-bond donors (Lipinski definition) is 2. The number of aryl methyl sites for hydroxylation is 2. The van der Waals surface area contributed by atoms with E-state index in [4.69, 9.17) is 11.6 Å². The van der Waals surface area contributed by atoms with Crippen LogP contribution in [-0.4, -0.2) is 28.6 Å². The van der Waals surface area contributed by atoms with Gasteiger partial charge in [0.25, 0.3) is 11.8 Å². The Morgan fingerprint density at radius 2 is 1.87 bits per heavy atom. The molecule has 0 saturated heterocycles. The van der Waals surface area contributed by atoms with Crippen LogP contribution in [0.1, 0.15) is 31.3 Å². The van der Waals surface area contributed by atoms with Crippen LogP contribution in [0.3, 0.4) is 0 Å². The van der Waals surface area contributed by atoms with Crippen LogP contribution in [0.25, 0.3) is 15.9 Å². The molecule has 0 radical (unpaired) electrons. The number of carbonyl (C=O) groups is 2. The minimum atomic E-state index is -0.205. The Morgan fingerprint density at radius 3 is 2.57 bits per heavy atom. The summed E-state index contributed by atoms with van der Waals surface area (Å²) < 4.78 is 1.81. The lowest BCUT2D eigenvalue weighted by molar-refractivity contribution is 0.0962. The van der Waals surface area contributed by atoms with Crippen LogP contribution in [0, 0.1) is 13.8 Å². The number of hydrogen-bond acceptors (Lipinski definition) is 4. The van der Waals surface area contributed by atoms with E-state index in [-0.39, 0.29) is 11.8 Å². The number of aromatic nitrogens is 2. The van der Waals surface area contributed by atoms with Gasteiger partial charge in [-0.1, -0.05) is 17.7 Å². The zero-order valence-electron chi connectivity index (χ0n) is 16.6. The van der Waals surface area contributed by atoms with Crippen molar-refractivity contribution >= 4 is 50.7 Å². The van der Waals surface area contributed by atoms with Crippen LogP contribution < -0.4 is 10.6 Å². The fraction of sp³-hybridized carbons (Fsp3) is 0.136. The molecule has 0 unspecified atom stereocenters. The lowest BCUT2D eigenvalue weighted by atomic mass is 10.1. The van der Waals surface area contributed by atoms with Crippen molar-refractivity contribution in [2.75, 3.05) is 12.4 Å². The van der Waals surface area contributed by atoms with Crippen molar-refractivity contribution in [3.8, 4) is 5.69 Å². The Labute approximate surface area is 182 Å². The first-order chi connectivity index (χ1) is 14.4. The number of rotatable bonds is 4. The van der Waals surface area contributed by atoms with Crippen molar-refractivity contribution < 1.29 is 9.59 Å². The highest BCUT2D eigenvalue weighted by Crippen LogP contribution is 2.31. The molecule has 2 amide bonds. The lowest BCUT2D eigenvalue weighted by Crippen LogP contribution is -2.18. The van der Waals surface area contributed by atoms with Crippen molar-refractivity contribution in [3.05, 3.63) is 75.3 Å². The molecule has 2 heterocycles. The normalized spacial score (nSPS) is 10.9. The van der Waals surface area contributed by atoms with Gasteiger partial charge in [-0.05, 0) is 61.9 Å². The van der Waals surface area contributed by atoms with Crippen LogP contribution >= 0.6 is 22.9 Å². The minimum Gasteiger partial charge on any atom is -0.355 e. The van der Waals surface area contributed by atoms with Crippen molar-refractivity contribution in [3.63, 3.8) is 0 Å². The van der Waals surface area contributed by atoms with Gasteiger partial charge in [0.2, 0.25) is 0 Å². The second-order valence-electron chi connectivity index (χ2n) is 6.87. The molecular formula is C22H19ClN4O2S. The average Bonchev–Trinajstić information content (AvgIpc) is 3.29. The van der Waals surface area contributed by atoms with E-state index in [1.165, 1.54) is 11.3 Å². The highest BCUT2D eigenvalue weighted by molar-refractivity contribution is 7.20. The number of nitrogens with one attached hydrogen (secondary N) is 2. The molecule has 2 aromatic carbocycles. The maximum absolute atomic E-state index is 12.9. The topological polar surface area (TPSA) is 76.0 Å². The fourth-order valence-electron chi connectivity index (χ4n) is 3.22. The van der Waals surface area contributed by atoms with Crippen LogP contribution in [0.5, 0.6) is 0 Å². The van der Waals surface area contributed by atoms with Crippen molar-refractivity contribution in [1.29, 1.82) is 0 Å². The zero-order valence-corrected chi connectivity index (χ0v) is 18.2. The fourth-order valence-corrected chi connectivity index (χ4v) is 4.48. The number of amides is 2. The molecular weight excluding hydrogens is 420 g/mol. The number of nitrogens with zero attached hydrogens (tertiary/aromatic N) is 2. The van der Waals surface area contributed by atoms with Gasteiger partial charge in [-0.25, -0.2) is 4.68 Å². The molecule has 0 saturated carbocycles. The molecule has 2 N–H and O–H groups in total. The number of anilines is 1. The molecule has 0 spiro atoms. The number of benzene rings is 2. The Morgan fingerprint density at radius 1 is 1.07 bits per heavy atom. The van der Waals surface area contributed by atoms with Crippen molar-refractivity contribution in [1.82, 2.24) is 15.1 Å². The molecule has 0 bridgehead atoms. The third-order valence-electron chi connectivity index (χ3n) is 4.79. The summed E-state index contributed by atoms with van der Waals surface area (Å²) in [5, 5.41) is 11.7. The molecule has 8 heteroatoms. The zero-order chi connectivity index (χ0) is 21.4. The smallest absolute Gasteiger partial charge is 0.265 e. The molecule has 0 aliphatic rings. The molecule has 0 atom stereocenters. The maximum atomic E-state index is 12.9. The monoisotopic (exact) mass is 438 g/mol. The van der Waals surface area contributed by atoms with E-state index in [0.29, 0.717) is 21.2 Å². The predicted octanol–water partition coefficient (Wildman–Crippen LogP) is 4.97. The van der Waals surface area contributed by atoms with Gasteiger partial charge in [0.05, 0.1) is 16.3 Å². The van der Waals surface area contributed by atoms with Gasteiger partial charge < -0.3 is 10.6 Å². The second-order valence-corrected chi connectivity index (χ2v) is 8.34. The van der Waals surface area contributed by atoms with Crippen molar-refractivity contribution in [2.45, 2.75) is 13.8 Å². The SMILES string of the molecule is CNC(=O)c1ccc(NC(=O)c2cc3c(C)nn(-c4cccc(Cl)c4)c3s2)c(C)c1. The third-order valence-corrected chi connectivity index (χ3v) is 6.13. The Hall–Kier alpha value is -3.16. The summed E-state index contributed by atoms with van der Waals surface area (Å²) in [6.07, 6.45) is 0. The standard InChI is InChI=1S/C22H19ClN4O2S/c1-12-9-14(20(28)24-3)7-8-18(12)25-21(29)19-11-17-13(2)26-27(22(17)30-19)16-6-4-5-15(23)10-16/h4-11H,1-3H3,(H,24,28)(H,25,29). The van der Waals surface area contributed by atoms with Crippen LogP contribution in [0.15, 0.2) is 48.5 Å². The average molecular weight is 439 g/mol. The van der Waals surface area contributed by atoms with E-state index in [9.17, 15) is 9.59 Å². The summed E-state index contributed by atoms with van der Waals surface area (Å²) in [4.78, 5) is 26.1. The van der Waals surface area contributed by atoms with E-state index in [1.807, 2.05) is 44.2 Å². The Kier molecular flexibility index (Phi) is 5.32. The number of carbonyl (C=O) groups excluding carboxylic acids is 2. The molecule has 30 heavy (non-hydrogen) atoms. The lowest BCUT2D eigenvalue weighted by Gasteiger charge is -2.09. The summed E-state index contributed by atoms with van der Waals surface area (Å²) in [5.41, 5.74) is 3.71. The number of thiophene rings is 1. The quantitative estimate of drug-likeness (QED) is 0.472. The van der Waals surface area contributed by atoms with E-state index in [1.54, 1.807) is 29.9 Å². The third kappa shape index (κ3) is 3.69. The summed E-state index contributed by atoms with van der Waals surface area (Å²) in [7, 11) is 1.58.